The topological polar surface area (TPSA) is 55.8 Å². The van der Waals surface area contributed by atoms with Gasteiger partial charge in [-0.3, -0.25) is 9.42 Å². The first kappa shape index (κ1) is 16.1. The van der Waals surface area contributed by atoms with Crippen LogP contribution in [0.2, 0.25) is 15.1 Å². The van der Waals surface area contributed by atoms with E-state index in [-0.39, 0.29) is 26.4 Å². The summed E-state index contributed by atoms with van der Waals surface area (Å²) >= 11 is 23.0. The summed E-state index contributed by atoms with van der Waals surface area (Å²) < 4.78 is 20.3. The first-order valence-corrected chi connectivity index (χ1v) is 7.40. The quantitative estimate of drug-likeness (QED) is 0.474. The number of rotatable bonds is 4. The zero-order valence-corrected chi connectivity index (χ0v) is 12.8. The van der Waals surface area contributed by atoms with Crippen molar-refractivity contribution in [2.24, 2.45) is 0 Å². The van der Waals surface area contributed by atoms with Crippen LogP contribution in [0.5, 0.6) is 0 Å². The van der Waals surface area contributed by atoms with E-state index in [9.17, 15) is 9.46 Å². The van der Waals surface area contributed by atoms with Gasteiger partial charge in [-0.1, -0.05) is 46.4 Å². The molecule has 1 unspecified atom stereocenters. The Morgan fingerprint density at radius 1 is 1.28 bits per heavy atom. The van der Waals surface area contributed by atoms with Gasteiger partial charge in [-0.25, -0.2) is 4.57 Å². The molecule has 0 saturated heterocycles. The lowest BCUT2D eigenvalue weighted by molar-refractivity contribution is 0.231. The van der Waals surface area contributed by atoms with Crippen molar-refractivity contribution < 1.29 is 18.5 Å². The molecule has 9 heteroatoms. The van der Waals surface area contributed by atoms with Gasteiger partial charge < -0.3 is 4.52 Å². The van der Waals surface area contributed by atoms with Crippen LogP contribution in [0.15, 0.2) is 17.7 Å². The summed E-state index contributed by atoms with van der Waals surface area (Å²) in [6, 6.07) is 2.72. The summed E-state index contributed by atoms with van der Waals surface area (Å²) in [4.78, 5) is 9.21. The molecule has 0 saturated carbocycles. The van der Waals surface area contributed by atoms with Crippen molar-refractivity contribution in [1.82, 2.24) is 0 Å². The number of halogens is 4. The van der Waals surface area contributed by atoms with Crippen LogP contribution in [-0.2, 0) is 13.6 Å². The van der Waals surface area contributed by atoms with Gasteiger partial charge in [0.2, 0.25) is 0 Å². The molecule has 0 heterocycles. The first-order chi connectivity index (χ1) is 8.30. The van der Waals surface area contributed by atoms with Gasteiger partial charge in [-0.2, -0.15) is 0 Å². The van der Waals surface area contributed by atoms with E-state index in [4.69, 9.17) is 50.9 Å². The van der Waals surface area contributed by atoms with Gasteiger partial charge >= 0.3 is 7.82 Å². The fourth-order valence-corrected chi connectivity index (χ4v) is 2.34. The van der Waals surface area contributed by atoms with Crippen LogP contribution >= 0.6 is 54.2 Å². The predicted octanol–water partition coefficient (Wildman–Crippen LogP) is 4.95. The normalized spacial score (nSPS) is 15.3. The molecule has 100 valence electrons. The Bertz CT molecular complexity index is 532. The molecule has 1 rings (SSSR count). The second-order valence-corrected chi connectivity index (χ2v) is 5.89. The Hall–Kier alpha value is 0.0700. The second-order valence-electron chi connectivity index (χ2n) is 2.96. The fraction of sp³-hybridized carbons (Fsp3) is 0.111. The summed E-state index contributed by atoms with van der Waals surface area (Å²) in [7, 11) is -3.23. The Morgan fingerprint density at radius 2 is 1.83 bits per heavy atom. The smallest absolute Gasteiger partial charge is 0.402 e. The average Bonchev–Trinajstić information content (AvgIpc) is 2.31. The third-order valence-electron chi connectivity index (χ3n) is 1.82. The van der Waals surface area contributed by atoms with Crippen LogP contribution in [0.3, 0.4) is 0 Å². The van der Waals surface area contributed by atoms with E-state index in [2.05, 4.69) is 4.52 Å². The Balaban J connectivity index is 3.19. The maximum absolute atomic E-state index is 11.3. The minimum atomic E-state index is -4.25. The molecule has 1 aromatic rings. The van der Waals surface area contributed by atoms with Gasteiger partial charge in [0, 0.05) is 18.2 Å². The standard InChI is InChI=1S/C9H7Cl4O4P/c1-16-18(14,15)17-9(4-10)5-2-7(12)8(13)3-6(5)11/h2-4H,1H3,(H,14,15)/b9-4-. The third kappa shape index (κ3) is 4.04. The van der Waals surface area contributed by atoms with Crippen molar-refractivity contribution in [1.29, 1.82) is 0 Å². The summed E-state index contributed by atoms with van der Waals surface area (Å²) in [6.07, 6.45) is 0. The zero-order valence-electron chi connectivity index (χ0n) is 8.86. The van der Waals surface area contributed by atoms with Crippen molar-refractivity contribution in [3.63, 3.8) is 0 Å². The molecule has 1 aromatic carbocycles. The molecule has 18 heavy (non-hydrogen) atoms. The highest BCUT2D eigenvalue weighted by Gasteiger charge is 2.24. The van der Waals surface area contributed by atoms with Crippen LogP contribution in [-0.4, -0.2) is 12.0 Å². The minimum Gasteiger partial charge on any atom is -0.402 e. The lowest BCUT2D eigenvalue weighted by Gasteiger charge is -2.14. The molecule has 0 spiro atoms. The van der Waals surface area contributed by atoms with E-state index < -0.39 is 7.82 Å². The third-order valence-corrected chi connectivity index (χ3v) is 3.94. The summed E-state index contributed by atoms with van der Waals surface area (Å²) in [5.74, 6) is -0.159. The van der Waals surface area contributed by atoms with E-state index in [1.807, 2.05) is 0 Å². The Kier molecular flexibility index (Phi) is 5.81. The van der Waals surface area contributed by atoms with E-state index in [1.165, 1.54) is 12.1 Å². The van der Waals surface area contributed by atoms with Gasteiger partial charge in [0.05, 0.1) is 15.1 Å². The predicted molar refractivity (Wildman–Crippen MR) is 73.2 cm³/mol. The number of hydrogen-bond donors (Lipinski definition) is 1. The zero-order chi connectivity index (χ0) is 13.9. The van der Waals surface area contributed by atoms with Gasteiger partial charge in [-0.15, -0.1) is 0 Å². The molecule has 1 N–H and O–H groups in total. The lowest BCUT2D eigenvalue weighted by atomic mass is 10.2. The molecule has 0 aromatic heterocycles. The van der Waals surface area contributed by atoms with Crippen LogP contribution in [0.4, 0.5) is 0 Å². The molecular weight excluding hydrogens is 345 g/mol. The summed E-state index contributed by atoms with van der Waals surface area (Å²) in [5.41, 5.74) is 1.15. The monoisotopic (exact) mass is 350 g/mol. The molecule has 0 aliphatic heterocycles. The van der Waals surface area contributed by atoms with Crippen LogP contribution in [0, 0.1) is 0 Å². The molecular formula is C9H7Cl4O4P. The molecule has 0 bridgehead atoms. The molecule has 0 amide bonds. The maximum Gasteiger partial charge on any atom is 0.527 e. The SMILES string of the molecule is COP(=O)(O)O/C(=C\Cl)c1cc(Cl)c(Cl)cc1Cl. The fourth-order valence-electron chi connectivity index (χ4n) is 1.00. The largest absolute Gasteiger partial charge is 0.527 e. The lowest BCUT2D eigenvalue weighted by Crippen LogP contribution is -1.94. The van der Waals surface area contributed by atoms with E-state index >= 15 is 0 Å². The van der Waals surface area contributed by atoms with Gasteiger partial charge in [0.25, 0.3) is 0 Å². The second kappa shape index (κ2) is 6.49. The average molecular weight is 352 g/mol. The van der Waals surface area contributed by atoms with Crippen LogP contribution in [0.1, 0.15) is 5.56 Å². The van der Waals surface area contributed by atoms with E-state index in [0.717, 1.165) is 12.6 Å². The Morgan fingerprint density at radius 3 is 2.33 bits per heavy atom. The molecule has 0 aliphatic rings. The highest BCUT2D eigenvalue weighted by Crippen LogP contribution is 2.48. The number of phosphoric ester groups is 1. The van der Waals surface area contributed by atoms with Crippen molar-refractivity contribution >= 4 is 60.0 Å². The first-order valence-electron chi connectivity index (χ1n) is 4.34. The van der Waals surface area contributed by atoms with Crippen molar-refractivity contribution in [3.05, 3.63) is 38.3 Å². The highest BCUT2D eigenvalue weighted by molar-refractivity contribution is 7.47. The van der Waals surface area contributed by atoms with E-state index in [0.29, 0.717) is 0 Å². The van der Waals surface area contributed by atoms with Crippen molar-refractivity contribution in [2.45, 2.75) is 0 Å². The molecule has 4 nitrogen and oxygen atoms in total. The molecule has 0 aliphatic carbocycles. The van der Waals surface area contributed by atoms with Crippen LogP contribution < -0.4 is 0 Å². The summed E-state index contributed by atoms with van der Waals surface area (Å²) in [6.45, 7) is 0. The van der Waals surface area contributed by atoms with Gasteiger partial charge in [0.1, 0.15) is 0 Å². The van der Waals surface area contributed by atoms with Gasteiger partial charge in [0.15, 0.2) is 5.76 Å². The Labute approximate surface area is 124 Å². The number of hydrogen-bond acceptors (Lipinski definition) is 3. The maximum atomic E-state index is 11.3. The van der Waals surface area contributed by atoms with Gasteiger partial charge in [-0.05, 0) is 12.1 Å². The number of phosphoric acid groups is 1. The highest BCUT2D eigenvalue weighted by atomic mass is 35.5. The van der Waals surface area contributed by atoms with E-state index in [1.54, 1.807) is 0 Å². The minimum absolute atomic E-state index is 0.159. The molecule has 0 radical (unpaired) electrons. The molecule has 1 atom stereocenters. The van der Waals surface area contributed by atoms with Crippen molar-refractivity contribution in [3.8, 4) is 0 Å². The van der Waals surface area contributed by atoms with Crippen molar-refractivity contribution in [2.75, 3.05) is 7.11 Å². The molecule has 0 fully saturated rings. The number of benzene rings is 1. The summed E-state index contributed by atoms with van der Waals surface area (Å²) in [5, 5.41) is 0.589. The van der Waals surface area contributed by atoms with Crippen LogP contribution in [0.25, 0.3) is 5.76 Å².